The van der Waals surface area contributed by atoms with Crippen LogP contribution < -0.4 is 14.8 Å². The highest BCUT2D eigenvalue weighted by atomic mass is 16.6. The van der Waals surface area contributed by atoms with E-state index in [4.69, 9.17) is 9.47 Å². The Labute approximate surface area is 128 Å². The van der Waals surface area contributed by atoms with Crippen LogP contribution in [-0.4, -0.2) is 28.9 Å². The lowest BCUT2D eigenvalue weighted by molar-refractivity contribution is 0.102. The van der Waals surface area contributed by atoms with Gasteiger partial charge in [-0.2, -0.15) is 5.10 Å². The van der Waals surface area contributed by atoms with Crippen LogP contribution in [0.25, 0.3) is 0 Å². The molecule has 0 unspecified atom stereocenters. The molecule has 1 N–H and O–H groups in total. The van der Waals surface area contributed by atoms with Crippen LogP contribution in [0.4, 0.5) is 5.69 Å². The third-order valence-electron chi connectivity index (χ3n) is 4.13. The molecule has 1 aromatic carbocycles. The quantitative estimate of drug-likeness (QED) is 0.920. The molecule has 0 atom stereocenters. The van der Waals surface area contributed by atoms with Crippen LogP contribution in [-0.2, 0) is 19.9 Å². The summed E-state index contributed by atoms with van der Waals surface area (Å²) in [6.45, 7) is 1.08. The van der Waals surface area contributed by atoms with Gasteiger partial charge in [0, 0.05) is 30.1 Å². The highest BCUT2D eigenvalue weighted by Gasteiger charge is 2.25. The Morgan fingerprint density at radius 1 is 1.23 bits per heavy atom. The number of rotatable bonds is 2. The molecular weight excluding hydrogens is 282 g/mol. The van der Waals surface area contributed by atoms with Gasteiger partial charge in [0.05, 0.1) is 0 Å². The Kier molecular flexibility index (Phi) is 3.03. The van der Waals surface area contributed by atoms with E-state index in [1.54, 1.807) is 6.07 Å². The van der Waals surface area contributed by atoms with E-state index in [9.17, 15) is 4.79 Å². The minimum Gasteiger partial charge on any atom is -0.486 e. The number of fused-ring (bicyclic) bond motifs is 2. The first-order valence-electron chi connectivity index (χ1n) is 7.48. The second kappa shape index (κ2) is 5.05. The SMILES string of the molecule is Cn1nc(C(=O)Nc2ccc3c(c2)OCCO3)c2c1CCC2. The molecular formula is C16H17N3O3. The minimum absolute atomic E-state index is 0.171. The van der Waals surface area contributed by atoms with Gasteiger partial charge in [-0.25, -0.2) is 0 Å². The number of hydrogen-bond acceptors (Lipinski definition) is 4. The number of aromatic nitrogens is 2. The van der Waals surface area contributed by atoms with Crippen molar-refractivity contribution in [2.45, 2.75) is 19.3 Å². The Bertz CT molecular complexity index is 751. The van der Waals surface area contributed by atoms with Crippen molar-refractivity contribution in [3.05, 3.63) is 35.2 Å². The molecule has 6 nitrogen and oxygen atoms in total. The van der Waals surface area contributed by atoms with Crippen LogP contribution in [0.3, 0.4) is 0 Å². The molecule has 2 aliphatic rings. The summed E-state index contributed by atoms with van der Waals surface area (Å²) < 4.78 is 12.8. The van der Waals surface area contributed by atoms with Crippen LogP contribution in [0.1, 0.15) is 28.2 Å². The zero-order chi connectivity index (χ0) is 15.1. The molecule has 114 valence electrons. The van der Waals surface area contributed by atoms with Crippen molar-refractivity contribution in [1.82, 2.24) is 9.78 Å². The van der Waals surface area contributed by atoms with Crippen molar-refractivity contribution in [3.8, 4) is 11.5 Å². The van der Waals surface area contributed by atoms with E-state index < -0.39 is 0 Å². The number of ether oxygens (including phenoxy) is 2. The molecule has 1 aliphatic heterocycles. The van der Waals surface area contributed by atoms with E-state index in [0.29, 0.717) is 36.1 Å². The number of hydrogen-bond donors (Lipinski definition) is 1. The van der Waals surface area contributed by atoms with Gasteiger partial charge in [0.25, 0.3) is 5.91 Å². The lowest BCUT2D eigenvalue weighted by atomic mass is 10.2. The number of amides is 1. The van der Waals surface area contributed by atoms with Crippen molar-refractivity contribution < 1.29 is 14.3 Å². The number of carbonyl (C=O) groups excluding carboxylic acids is 1. The van der Waals surface area contributed by atoms with E-state index in [2.05, 4.69) is 10.4 Å². The highest BCUT2D eigenvalue weighted by molar-refractivity contribution is 6.04. The summed E-state index contributed by atoms with van der Waals surface area (Å²) in [5.41, 5.74) is 3.47. The second-order valence-electron chi connectivity index (χ2n) is 5.56. The molecule has 1 amide bonds. The predicted molar refractivity (Wildman–Crippen MR) is 80.6 cm³/mol. The predicted octanol–water partition coefficient (Wildman–Crippen LogP) is 1.93. The maximum absolute atomic E-state index is 12.5. The minimum atomic E-state index is -0.171. The molecule has 0 radical (unpaired) electrons. The molecule has 0 spiro atoms. The maximum atomic E-state index is 12.5. The van der Waals surface area contributed by atoms with Crippen LogP contribution in [0.5, 0.6) is 11.5 Å². The van der Waals surface area contributed by atoms with Crippen molar-refractivity contribution in [1.29, 1.82) is 0 Å². The third-order valence-corrected chi connectivity index (χ3v) is 4.13. The Morgan fingerprint density at radius 3 is 2.91 bits per heavy atom. The summed E-state index contributed by atoms with van der Waals surface area (Å²) in [6.07, 6.45) is 3.01. The van der Waals surface area contributed by atoms with Gasteiger partial charge in [-0.05, 0) is 31.4 Å². The number of carbonyl (C=O) groups is 1. The zero-order valence-corrected chi connectivity index (χ0v) is 12.4. The molecule has 2 heterocycles. The fourth-order valence-corrected chi connectivity index (χ4v) is 3.10. The van der Waals surface area contributed by atoms with Gasteiger partial charge in [0.15, 0.2) is 17.2 Å². The Morgan fingerprint density at radius 2 is 2.05 bits per heavy atom. The Balaban J connectivity index is 1.59. The van der Waals surface area contributed by atoms with Gasteiger partial charge in [-0.1, -0.05) is 0 Å². The number of nitrogens with zero attached hydrogens (tertiary/aromatic N) is 2. The first-order chi connectivity index (χ1) is 10.7. The maximum Gasteiger partial charge on any atom is 0.276 e. The van der Waals surface area contributed by atoms with E-state index >= 15 is 0 Å². The summed E-state index contributed by atoms with van der Waals surface area (Å²) in [5, 5.41) is 7.27. The molecule has 22 heavy (non-hydrogen) atoms. The fraction of sp³-hybridized carbons (Fsp3) is 0.375. The average molecular weight is 299 g/mol. The summed E-state index contributed by atoms with van der Waals surface area (Å²) in [6, 6.07) is 5.41. The summed E-state index contributed by atoms with van der Waals surface area (Å²) >= 11 is 0. The monoisotopic (exact) mass is 299 g/mol. The van der Waals surface area contributed by atoms with Crippen LogP contribution in [0, 0.1) is 0 Å². The fourth-order valence-electron chi connectivity index (χ4n) is 3.10. The number of nitrogens with one attached hydrogen (secondary N) is 1. The van der Waals surface area contributed by atoms with Gasteiger partial charge in [-0.3, -0.25) is 9.48 Å². The van der Waals surface area contributed by atoms with Crippen LogP contribution in [0.15, 0.2) is 18.2 Å². The van der Waals surface area contributed by atoms with Gasteiger partial charge in [0.2, 0.25) is 0 Å². The molecule has 0 saturated heterocycles. The first kappa shape index (κ1) is 13.2. The van der Waals surface area contributed by atoms with Crippen molar-refractivity contribution in [2.75, 3.05) is 18.5 Å². The number of aryl methyl sites for hydroxylation is 1. The van der Waals surface area contributed by atoms with E-state index in [1.807, 2.05) is 23.9 Å². The molecule has 4 rings (SSSR count). The van der Waals surface area contributed by atoms with Gasteiger partial charge >= 0.3 is 0 Å². The van der Waals surface area contributed by atoms with Gasteiger partial charge in [0.1, 0.15) is 13.2 Å². The first-order valence-corrected chi connectivity index (χ1v) is 7.48. The second-order valence-corrected chi connectivity index (χ2v) is 5.56. The zero-order valence-electron chi connectivity index (χ0n) is 12.4. The standard InChI is InChI=1S/C16H17N3O3/c1-19-12-4-2-3-11(12)15(18-19)16(20)17-10-5-6-13-14(9-10)22-8-7-21-13/h5-6,9H,2-4,7-8H2,1H3,(H,17,20). The largest absolute Gasteiger partial charge is 0.486 e. The number of anilines is 1. The Hall–Kier alpha value is -2.50. The molecule has 1 aliphatic carbocycles. The van der Waals surface area contributed by atoms with Crippen LogP contribution in [0.2, 0.25) is 0 Å². The smallest absolute Gasteiger partial charge is 0.276 e. The molecule has 0 bridgehead atoms. The molecule has 0 fully saturated rings. The topological polar surface area (TPSA) is 65.4 Å². The van der Waals surface area contributed by atoms with E-state index in [1.165, 1.54) is 5.69 Å². The molecule has 2 aromatic rings. The van der Waals surface area contributed by atoms with Crippen molar-refractivity contribution in [2.24, 2.45) is 7.05 Å². The average Bonchev–Trinajstić information content (AvgIpc) is 3.11. The van der Waals surface area contributed by atoms with Crippen molar-refractivity contribution in [3.63, 3.8) is 0 Å². The normalized spacial score (nSPS) is 15.5. The lowest BCUT2D eigenvalue weighted by Gasteiger charge is -2.18. The summed E-state index contributed by atoms with van der Waals surface area (Å²) in [4.78, 5) is 12.5. The lowest BCUT2D eigenvalue weighted by Crippen LogP contribution is -2.17. The summed E-state index contributed by atoms with van der Waals surface area (Å²) in [5.74, 6) is 1.20. The highest BCUT2D eigenvalue weighted by Crippen LogP contribution is 2.33. The van der Waals surface area contributed by atoms with Crippen molar-refractivity contribution >= 4 is 11.6 Å². The summed E-state index contributed by atoms with van der Waals surface area (Å²) in [7, 11) is 1.89. The molecule has 6 heteroatoms. The van der Waals surface area contributed by atoms with E-state index in [0.717, 1.165) is 24.8 Å². The van der Waals surface area contributed by atoms with E-state index in [-0.39, 0.29) is 5.91 Å². The third kappa shape index (κ3) is 2.11. The molecule has 1 aromatic heterocycles. The van der Waals surface area contributed by atoms with Gasteiger partial charge in [-0.15, -0.1) is 0 Å². The number of benzene rings is 1. The van der Waals surface area contributed by atoms with Gasteiger partial charge < -0.3 is 14.8 Å². The van der Waals surface area contributed by atoms with Crippen LogP contribution >= 0.6 is 0 Å². The molecule has 0 saturated carbocycles.